The second-order valence-electron chi connectivity index (χ2n) is 5.41. The molecular formula is C15H22ClN3O3S. The lowest BCUT2D eigenvalue weighted by atomic mass is 10.1. The van der Waals surface area contributed by atoms with E-state index in [0.717, 1.165) is 42.4 Å². The van der Waals surface area contributed by atoms with Crippen molar-refractivity contribution in [1.29, 1.82) is 0 Å². The Morgan fingerprint density at radius 1 is 1.39 bits per heavy atom. The molecule has 1 aromatic rings. The van der Waals surface area contributed by atoms with Crippen molar-refractivity contribution < 1.29 is 14.3 Å². The molecule has 23 heavy (non-hydrogen) atoms. The van der Waals surface area contributed by atoms with E-state index in [2.05, 4.69) is 21.7 Å². The number of hydrogen-bond donors (Lipinski definition) is 0. The largest absolute Gasteiger partial charge is 0.475 e. The second kappa shape index (κ2) is 9.85. The van der Waals surface area contributed by atoms with Crippen LogP contribution < -0.4 is 4.74 Å². The standard InChI is InChI=1S/C15H22ClN3O3S/c1-2-3-4-5-9-21-14-13(17-23-18-14)12-7-6-8-19(10-12)11-22-15(16)20/h7H,2-6,8-11H2,1H3. The first-order valence-corrected chi connectivity index (χ1v) is 9.01. The number of carbonyl (C=O) groups is 1. The number of aromatic nitrogens is 2. The maximum Gasteiger partial charge on any atom is 0.405 e. The lowest BCUT2D eigenvalue weighted by Gasteiger charge is -2.25. The fraction of sp³-hybridized carbons (Fsp3) is 0.667. The summed E-state index contributed by atoms with van der Waals surface area (Å²) in [6.45, 7) is 4.50. The maximum atomic E-state index is 10.7. The third kappa shape index (κ3) is 6.08. The molecule has 0 saturated heterocycles. The van der Waals surface area contributed by atoms with Crippen LogP contribution in [-0.2, 0) is 4.74 Å². The molecule has 2 rings (SSSR count). The van der Waals surface area contributed by atoms with Gasteiger partial charge in [-0.3, -0.25) is 4.90 Å². The molecule has 0 bridgehead atoms. The van der Waals surface area contributed by atoms with Gasteiger partial charge in [-0.05, 0) is 18.4 Å². The summed E-state index contributed by atoms with van der Waals surface area (Å²) in [5.41, 5.74) is 1.07. The minimum absolute atomic E-state index is 0.185. The highest BCUT2D eigenvalue weighted by Gasteiger charge is 2.20. The molecule has 0 spiro atoms. The molecule has 2 heterocycles. The van der Waals surface area contributed by atoms with Crippen LogP contribution in [-0.4, -0.2) is 45.5 Å². The fourth-order valence-electron chi connectivity index (χ4n) is 2.40. The highest BCUT2D eigenvalue weighted by atomic mass is 35.5. The summed E-state index contributed by atoms with van der Waals surface area (Å²) < 4.78 is 19.2. The number of unbranched alkanes of at least 4 members (excludes halogenated alkanes) is 3. The molecule has 6 nitrogen and oxygen atoms in total. The van der Waals surface area contributed by atoms with Crippen LogP contribution in [0.5, 0.6) is 5.88 Å². The van der Waals surface area contributed by atoms with E-state index in [-0.39, 0.29) is 6.73 Å². The maximum absolute atomic E-state index is 10.7. The van der Waals surface area contributed by atoms with E-state index >= 15 is 0 Å². The average Bonchev–Trinajstić information content (AvgIpc) is 3.01. The van der Waals surface area contributed by atoms with Crippen molar-refractivity contribution in [3.8, 4) is 5.88 Å². The van der Waals surface area contributed by atoms with Crippen LogP contribution in [0.25, 0.3) is 5.57 Å². The van der Waals surface area contributed by atoms with Crippen LogP contribution in [0.15, 0.2) is 6.08 Å². The first kappa shape index (κ1) is 18.2. The Morgan fingerprint density at radius 3 is 3.04 bits per heavy atom. The summed E-state index contributed by atoms with van der Waals surface area (Å²) in [5.74, 6) is 0.605. The van der Waals surface area contributed by atoms with E-state index in [0.29, 0.717) is 19.0 Å². The van der Waals surface area contributed by atoms with Gasteiger partial charge in [-0.2, -0.15) is 4.37 Å². The van der Waals surface area contributed by atoms with E-state index in [1.165, 1.54) is 19.3 Å². The van der Waals surface area contributed by atoms with Crippen LogP contribution >= 0.6 is 23.3 Å². The van der Waals surface area contributed by atoms with Crippen molar-refractivity contribution in [2.75, 3.05) is 26.4 Å². The van der Waals surface area contributed by atoms with Crippen LogP contribution in [0.1, 0.15) is 44.7 Å². The third-order valence-corrected chi connectivity index (χ3v) is 4.21. The Morgan fingerprint density at radius 2 is 2.26 bits per heavy atom. The van der Waals surface area contributed by atoms with Crippen molar-refractivity contribution in [1.82, 2.24) is 13.6 Å². The van der Waals surface area contributed by atoms with Crippen molar-refractivity contribution in [3.05, 3.63) is 11.8 Å². The van der Waals surface area contributed by atoms with Gasteiger partial charge < -0.3 is 9.47 Å². The zero-order valence-corrected chi connectivity index (χ0v) is 14.9. The van der Waals surface area contributed by atoms with E-state index in [9.17, 15) is 4.79 Å². The molecule has 128 valence electrons. The topological polar surface area (TPSA) is 64.6 Å². The number of hydrogen-bond acceptors (Lipinski definition) is 7. The normalized spacial score (nSPS) is 15.3. The third-order valence-electron chi connectivity index (χ3n) is 3.59. The molecule has 0 fully saturated rings. The zero-order chi connectivity index (χ0) is 16.5. The predicted octanol–water partition coefficient (Wildman–Crippen LogP) is 3.92. The smallest absolute Gasteiger partial charge is 0.405 e. The van der Waals surface area contributed by atoms with Crippen LogP contribution in [0.3, 0.4) is 0 Å². The summed E-state index contributed by atoms with van der Waals surface area (Å²) in [5, 5.41) is 0. The van der Waals surface area contributed by atoms with Gasteiger partial charge in [0.25, 0.3) is 5.88 Å². The van der Waals surface area contributed by atoms with Crippen LogP contribution in [0, 0.1) is 0 Å². The van der Waals surface area contributed by atoms with Crippen molar-refractivity contribution in [2.24, 2.45) is 0 Å². The molecule has 1 aliphatic rings. The molecule has 0 radical (unpaired) electrons. The zero-order valence-electron chi connectivity index (χ0n) is 13.3. The number of nitrogens with zero attached hydrogens (tertiary/aromatic N) is 3. The van der Waals surface area contributed by atoms with Gasteiger partial charge in [0.1, 0.15) is 12.4 Å². The Hall–Kier alpha value is -1.18. The minimum Gasteiger partial charge on any atom is -0.475 e. The first-order chi connectivity index (χ1) is 11.2. The van der Waals surface area contributed by atoms with Gasteiger partial charge in [-0.15, -0.1) is 4.37 Å². The van der Waals surface area contributed by atoms with Gasteiger partial charge >= 0.3 is 5.43 Å². The molecule has 8 heteroatoms. The number of carbonyl (C=O) groups excluding carboxylic acids is 1. The van der Waals surface area contributed by atoms with Gasteiger partial charge in [-0.1, -0.05) is 32.3 Å². The van der Waals surface area contributed by atoms with Crippen LogP contribution in [0.4, 0.5) is 4.79 Å². The van der Waals surface area contributed by atoms with Gasteiger partial charge in [0.05, 0.1) is 18.3 Å². The molecule has 0 aromatic carbocycles. The quantitative estimate of drug-likeness (QED) is 0.492. The Labute approximate surface area is 145 Å². The summed E-state index contributed by atoms with van der Waals surface area (Å²) >= 11 is 6.37. The molecule has 1 aromatic heterocycles. The molecule has 0 aliphatic carbocycles. The van der Waals surface area contributed by atoms with E-state index in [1.807, 2.05) is 4.90 Å². The van der Waals surface area contributed by atoms with Gasteiger partial charge in [0.2, 0.25) is 0 Å². The summed E-state index contributed by atoms with van der Waals surface area (Å²) in [7, 11) is 0. The highest BCUT2D eigenvalue weighted by molar-refractivity contribution is 6.99. The average molecular weight is 360 g/mol. The molecule has 0 amide bonds. The minimum atomic E-state index is -0.785. The van der Waals surface area contributed by atoms with E-state index < -0.39 is 5.43 Å². The lowest BCUT2D eigenvalue weighted by Crippen LogP contribution is -2.32. The highest BCUT2D eigenvalue weighted by Crippen LogP contribution is 2.27. The first-order valence-electron chi connectivity index (χ1n) is 7.90. The molecule has 0 unspecified atom stereocenters. The van der Waals surface area contributed by atoms with Crippen molar-refractivity contribution in [2.45, 2.75) is 39.0 Å². The lowest BCUT2D eigenvalue weighted by molar-refractivity contribution is 0.0927. The van der Waals surface area contributed by atoms with Crippen molar-refractivity contribution >= 4 is 34.3 Å². The summed E-state index contributed by atoms with van der Waals surface area (Å²) in [6.07, 6.45) is 7.64. The molecule has 0 N–H and O–H groups in total. The van der Waals surface area contributed by atoms with Crippen molar-refractivity contribution in [3.63, 3.8) is 0 Å². The predicted molar refractivity (Wildman–Crippen MR) is 90.9 cm³/mol. The van der Waals surface area contributed by atoms with Gasteiger partial charge in [0.15, 0.2) is 0 Å². The molecular weight excluding hydrogens is 338 g/mol. The van der Waals surface area contributed by atoms with E-state index in [1.54, 1.807) is 0 Å². The van der Waals surface area contributed by atoms with E-state index in [4.69, 9.17) is 21.1 Å². The number of rotatable bonds is 9. The fourth-order valence-corrected chi connectivity index (χ4v) is 2.98. The summed E-state index contributed by atoms with van der Waals surface area (Å²) in [6, 6.07) is 0. The number of halogens is 1. The monoisotopic (exact) mass is 359 g/mol. The molecule has 0 saturated carbocycles. The SMILES string of the molecule is CCCCCCOc1nsnc1C1=CCCN(COC(=O)Cl)C1. The molecule has 0 atom stereocenters. The Bertz CT molecular complexity index is 536. The number of ether oxygens (including phenoxy) is 2. The van der Waals surface area contributed by atoms with Gasteiger partial charge in [-0.25, -0.2) is 4.79 Å². The second-order valence-corrected chi connectivity index (χ2v) is 6.25. The van der Waals surface area contributed by atoms with Crippen LogP contribution in [0.2, 0.25) is 0 Å². The van der Waals surface area contributed by atoms with Gasteiger partial charge in [0, 0.05) is 24.7 Å². The molecule has 1 aliphatic heterocycles. The summed E-state index contributed by atoms with van der Waals surface area (Å²) in [4.78, 5) is 12.7. The Kier molecular flexibility index (Phi) is 7.78. The Balaban J connectivity index is 1.87.